The third-order valence-electron chi connectivity index (χ3n) is 4.51. The number of nitrogens with zero attached hydrogens (tertiary/aromatic N) is 1. The highest BCUT2D eigenvalue weighted by molar-refractivity contribution is 5.45. The van der Waals surface area contributed by atoms with Crippen molar-refractivity contribution < 1.29 is 14.6 Å². The van der Waals surface area contributed by atoms with Crippen molar-refractivity contribution in [3.63, 3.8) is 0 Å². The lowest BCUT2D eigenvalue weighted by atomic mass is 9.92. The fourth-order valence-electron chi connectivity index (χ4n) is 3.37. The van der Waals surface area contributed by atoms with Crippen LogP contribution in [0.3, 0.4) is 0 Å². The van der Waals surface area contributed by atoms with Gasteiger partial charge in [0.25, 0.3) is 0 Å². The average molecular weight is 291 g/mol. The van der Waals surface area contributed by atoms with E-state index in [0.29, 0.717) is 11.7 Å². The number of unbranched alkanes of at least 4 members (excludes halogenated alkanes) is 2. The van der Waals surface area contributed by atoms with Gasteiger partial charge in [0.1, 0.15) is 11.5 Å². The van der Waals surface area contributed by atoms with Gasteiger partial charge in [-0.25, -0.2) is 0 Å². The van der Waals surface area contributed by atoms with Crippen LogP contribution in [0.5, 0.6) is 11.5 Å². The summed E-state index contributed by atoms with van der Waals surface area (Å²) in [5.41, 5.74) is 1.17. The molecule has 0 spiro atoms. The number of morpholine rings is 1. The molecule has 0 bridgehead atoms. The van der Waals surface area contributed by atoms with E-state index in [1.54, 1.807) is 6.07 Å². The minimum absolute atomic E-state index is 0.0996. The third-order valence-corrected chi connectivity index (χ3v) is 4.51. The van der Waals surface area contributed by atoms with Gasteiger partial charge in [0.15, 0.2) is 6.23 Å². The van der Waals surface area contributed by atoms with Gasteiger partial charge in [-0.05, 0) is 24.6 Å². The number of rotatable bonds is 5. The number of phenolic OH excluding ortho intramolecular Hbond substituents is 1. The quantitative estimate of drug-likeness (QED) is 0.846. The molecule has 21 heavy (non-hydrogen) atoms. The molecule has 1 N–H and O–H groups in total. The Balaban J connectivity index is 1.79. The van der Waals surface area contributed by atoms with Crippen molar-refractivity contribution in [2.75, 3.05) is 26.3 Å². The average Bonchev–Trinajstić information content (AvgIpc) is 2.87. The molecule has 1 aromatic carbocycles. The maximum Gasteiger partial charge on any atom is 0.159 e. The van der Waals surface area contributed by atoms with E-state index in [0.717, 1.165) is 38.5 Å². The molecule has 116 valence electrons. The summed E-state index contributed by atoms with van der Waals surface area (Å²) in [6.07, 6.45) is 4.90. The summed E-state index contributed by atoms with van der Waals surface area (Å²) in [5, 5.41) is 9.79. The predicted molar refractivity (Wildman–Crippen MR) is 81.8 cm³/mol. The highest BCUT2D eigenvalue weighted by Gasteiger charge is 2.38. The van der Waals surface area contributed by atoms with Crippen LogP contribution < -0.4 is 4.74 Å². The number of benzene rings is 1. The SMILES string of the molecule is CCCCC[C@@H]1c2cc(O)ccc2O[C@@H]1N1CCOCC1. The molecule has 2 aliphatic rings. The molecule has 1 saturated heterocycles. The maximum absolute atomic E-state index is 9.79. The molecule has 0 radical (unpaired) electrons. The highest BCUT2D eigenvalue weighted by atomic mass is 16.5. The van der Waals surface area contributed by atoms with Gasteiger partial charge in [0.2, 0.25) is 0 Å². The molecule has 1 aromatic rings. The highest BCUT2D eigenvalue weighted by Crippen LogP contribution is 2.43. The van der Waals surface area contributed by atoms with Crippen LogP contribution in [0.1, 0.15) is 44.1 Å². The standard InChI is InChI=1S/C17H25NO3/c1-2-3-4-5-14-15-12-13(19)6-7-16(15)21-17(14)18-8-10-20-11-9-18/h6-7,12,14,17,19H,2-5,8-11H2,1H3/t14-,17+/m1/s1. The summed E-state index contributed by atoms with van der Waals surface area (Å²) < 4.78 is 11.7. The molecule has 4 nitrogen and oxygen atoms in total. The number of fused-ring (bicyclic) bond motifs is 1. The maximum atomic E-state index is 9.79. The monoisotopic (exact) mass is 291 g/mol. The van der Waals surface area contributed by atoms with Crippen LogP contribution in [0.4, 0.5) is 0 Å². The van der Waals surface area contributed by atoms with Crippen LogP contribution in [0.25, 0.3) is 0 Å². The Hall–Kier alpha value is -1.26. The van der Waals surface area contributed by atoms with Gasteiger partial charge in [-0.3, -0.25) is 4.90 Å². The molecule has 4 heteroatoms. The summed E-state index contributed by atoms with van der Waals surface area (Å²) in [4.78, 5) is 2.39. The predicted octanol–water partition coefficient (Wildman–Crippen LogP) is 3.11. The summed E-state index contributed by atoms with van der Waals surface area (Å²) in [6, 6.07) is 5.49. The van der Waals surface area contributed by atoms with Crippen molar-refractivity contribution in [3.8, 4) is 11.5 Å². The molecular formula is C17H25NO3. The van der Waals surface area contributed by atoms with Crippen molar-refractivity contribution in [1.82, 2.24) is 4.90 Å². The minimum atomic E-state index is 0.0996. The minimum Gasteiger partial charge on any atom is -0.508 e. The van der Waals surface area contributed by atoms with E-state index in [9.17, 15) is 5.11 Å². The van der Waals surface area contributed by atoms with E-state index in [2.05, 4.69) is 11.8 Å². The summed E-state index contributed by atoms with van der Waals surface area (Å²) in [5.74, 6) is 1.63. The van der Waals surface area contributed by atoms with Crippen molar-refractivity contribution >= 4 is 0 Å². The van der Waals surface area contributed by atoms with Crippen molar-refractivity contribution in [2.45, 2.75) is 44.8 Å². The summed E-state index contributed by atoms with van der Waals surface area (Å²) >= 11 is 0. The molecule has 0 unspecified atom stereocenters. The first kappa shape index (κ1) is 14.7. The number of phenols is 1. The van der Waals surface area contributed by atoms with Crippen LogP contribution in [0.2, 0.25) is 0 Å². The molecular weight excluding hydrogens is 266 g/mol. The molecule has 0 aromatic heterocycles. The van der Waals surface area contributed by atoms with Gasteiger partial charge >= 0.3 is 0 Å². The van der Waals surface area contributed by atoms with Gasteiger partial charge in [-0.1, -0.05) is 26.2 Å². The first-order valence-corrected chi connectivity index (χ1v) is 8.11. The Morgan fingerprint density at radius 2 is 2.05 bits per heavy atom. The van der Waals surface area contributed by atoms with E-state index in [-0.39, 0.29) is 6.23 Å². The van der Waals surface area contributed by atoms with Gasteiger partial charge in [-0.15, -0.1) is 0 Å². The number of hydrogen-bond acceptors (Lipinski definition) is 4. The van der Waals surface area contributed by atoms with Crippen molar-refractivity contribution in [3.05, 3.63) is 23.8 Å². The molecule has 1 fully saturated rings. The molecule has 2 atom stereocenters. The molecule has 0 aliphatic carbocycles. The van der Waals surface area contributed by atoms with Crippen LogP contribution >= 0.6 is 0 Å². The second-order valence-electron chi connectivity index (χ2n) is 5.98. The number of aromatic hydroxyl groups is 1. The van der Waals surface area contributed by atoms with Gasteiger partial charge in [0, 0.05) is 24.6 Å². The van der Waals surface area contributed by atoms with E-state index in [1.165, 1.54) is 24.8 Å². The molecule has 0 amide bonds. The third kappa shape index (κ3) is 3.16. The lowest BCUT2D eigenvalue weighted by molar-refractivity contribution is -0.0475. The van der Waals surface area contributed by atoms with E-state index in [4.69, 9.17) is 9.47 Å². The number of ether oxygens (including phenoxy) is 2. The zero-order valence-electron chi connectivity index (χ0n) is 12.8. The molecule has 3 rings (SSSR count). The zero-order valence-corrected chi connectivity index (χ0v) is 12.8. The van der Waals surface area contributed by atoms with E-state index in [1.807, 2.05) is 12.1 Å². The zero-order chi connectivity index (χ0) is 14.7. The fraction of sp³-hybridized carbons (Fsp3) is 0.647. The lowest BCUT2D eigenvalue weighted by Gasteiger charge is -2.34. The molecule has 2 aliphatic heterocycles. The van der Waals surface area contributed by atoms with E-state index < -0.39 is 0 Å². The largest absolute Gasteiger partial charge is 0.508 e. The Kier molecular flexibility index (Phi) is 4.66. The molecule has 0 saturated carbocycles. The van der Waals surface area contributed by atoms with Gasteiger partial charge in [0.05, 0.1) is 13.2 Å². The second kappa shape index (κ2) is 6.67. The van der Waals surface area contributed by atoms with Crippen LogP contribution in [0.15, 0.2) is 18.2 Å². The first-order chi connectivity index (χ1) is 10.3. The summed E-state index contributed by atoms with van der Waals surface area (Å²) in [6.45, 7) is 5.64. The topological polar surface area (TPSA) is 41.9 Å². The first-order valence-electron chi connectivity index (χ1n) is 8.11. The van der Waals surface area contributed by atoms with E-state index >= 15 is 0 Å². The van der Waals surface area contributed by atoms with Crippen LogP contribution in [-0.4, -0.2) is 42.5 Å². The van der Waals surface area contributed by atoms with Crippen molar-refractivity contribution in [1.29, 1.82) is 0 Å². The fourth-order valence-corrected chi connectivity index (χ4v) is 3.37. The second-order valence-corrected chi connectivity index (χ2v) is 5.98. The molecule has 2 heterocycles. The van der Waals surface area contributed by atoms with Crippen molar-refractivity contribution in [2.24, 2.45) is 0 Å². The number of hydrogen-bond donors (Lipinski definition) is 1. The normalized spacial score (nSPS) is 25.6. The Morgan fingerprint density at radius 1 is 1.24 bits per heavy atom. The van der Waals surface area contributed by atoms with Crippen LogP contribution in [0, 0.1) is 0 Å². The van der Waals surface area contributed by atoms with Crippen LogP contribution in [-0.2, 0) is 4.74 Å². The Morgan fingerprint density at radius 3 is 2.81 bits per heavy atom. The Labute approximate surface area is 126 Å². The van der Waals surface area contributed by atoms with Gasteiger partial charge in [-0.2, -0.15) is 0 Å². The lowest BCUT2D eigenvalue weighted by Crippen LogP contribution is -2.47. The summed E-state index contributed by atoms with van der Waals surface area (Å²) in [7, 11) is 0. The smallest absolute Gasteiger partial charge is 0.159 e. The Bertz CT molecular complexity index is 471. The van der Waals surface area contributed by atoms with Gasteiger partial charge < -0.3 is 14.6 Å².